The maximum absolute atomic E-state index is 2.32. The van der Waals surface area contributed by atoms with E-state index >= 15 is 0 Å². The molecule has 2 rings (SSSR count). The molecule has 1 aliphatic rings. The zero-order valence-electron chi connectivity index (χ0n) is 12.5. The van der Waals surface area contributed by atoms with Crippen LogP contribution in [0.1, 0.15) is 57.1 Å². The lowest BCUT2D eigenvalue weighted by Gasteiger charge is -2.22. The second-order valence-electron chi connectivity index (χ2n) is 5.68. The lowest BCUT2D eigenvalue weighted by molar-refractivity contribution is 0.806. The minimum Gasteiger partial charge on any atom is -0.0807 e. The lowest BCUT2D eigenvalue weighted by atomic mass is 9.83. The van der Waals surface area contributed by atoms with E-state index in [0.717, 1.165) is 6.42 Å². The minimum atomic E-state index is 0.456. The molecular formula is C19H24. The first-order valence-corrected chi connectivity index (χ1v) is 7.24. The second-order valence-corrected chi connectivity index (χ2v) is 5.68. The summed E-state index contributed by atoms with van der Waals surface area (Å²) < 4.78 is 0. The van der Waals surface area contributed by atoms with E-state index in [2.05, 4.69) is 76.3 Å². The van der Waals surface area contributed by atoms with Crippen molar-refractivity contribution >= 4 is 0 Å². The molecule has 1 aromatic carbocycles. The predicted molar refractivity (Wildman–Crippen MR) is 84.5 cm³/mol. The Morgan fingerprint density at radius 2 is 1.68 bits per heavy atom. The largest absolute Gasteiger partial charge is 0.0807 e. The van der Waals surface area contributed by atoms with Gasteiger partial charge in [0.25, 0.3) is 0 Å². The predicted octanol–water partition coefficient (Wildman–Crippen LogP) is 5.75. The van der Waals surface area contributed by atoms with Gasteiger partial charge in [-0.15, -0.1) is 0 Å². The Kier molecular flexibility index (Phi) is 4.42. The van der Waals surface area contributed by atoms with Crippen molar-refractivity contribution in [2.75, 3.05) is 0 Å². The summed E-state index contributed by atoms with van der Waals surface area (Å²) in [6, 6.07) is 8.85. The second kappa shape index (κ2) is 6.06. The molecule has 0 saturated heterocycles. The van der Waals surface area contributed by atoms with Crippen LogP contribution in [0.3, 0.4) is 0 Å². The third kappa shape index (κ3) is 3.07. The number of rotatable bonds is 3. The Labute approximate surface area is 117 Å². The van der Waals surface area contributed by atoms with Crippen molar-refractivity contribution in [3.8, 4) is 0 Å². The van der Waals surface area contributed by atoms with Crippen LogP contribution in [0.5, 0.6) is 0 Å². The van der Waals surface area contributed by atoms with Crippen molar-refractivity contribution in [2.45, 2.75) is 46.0 Å². The van der Waals surface area contributed by atoms with E-state index in [1.807, 2.05) is 0 Å². The highest BCUT2D eigenvalue weighted by atomic mass is 14.2. The fourth-order valence-corrected chi connectivity index (χ4v) is 2.83. The molecule has 100 valence electrons. The van der Waals surface area contributed by atoms with Gasteiger partial charge in [0.05, 0.1) is 0 Å². The molecule has 0 spiro atoms. The van der Waals surface area contributed by atoms with Crippen LogP contribution in [-0.2, 0) is 0 Å². The molecule has 1 aromatic rings. The van der Waals surface area contributed by atoms with Gasteiger partial charge in [-0.2, -0.15) is 0 Å². The Morgan fingerprint density at radius 3 is 2.37 bits per heavy atom. The van der Waals surface area contributed by atoms with E-state index in [-0.39, 0.29) is 0 Å². The van der Waals surface area contributed by atoms with Gasteiger partial charge in [0.2, 0.25) is 0 Å². The molecule has 0 heteroatoms. The molecule has 0 aliphatic heterocycles. The molecule has 19 heavy (non-hydrogen) atoms. The van der Waals surface area contributed by atoms with E-state index in [9.17, 15) is 0 Å². The van der Waals surface area contributed by atoms with Crippen LogP contribution in [0, 0.1) is 0 Å². The quantitative estimate of drug-likeness (QED) is 0.643. The van der Waals surface area contributed by atoms with Crippen molar-refractivity contribution in [1.82, 2.24) is 0 Å². The van der Waals surface area contributed by atoms with Crippen molar-refractivity contribution in [2.24, 2.45) is 0 Å². The van der Waals surface area contributed by atoms with Gasteiger partial charge in [0.15, 0.2) is 0 Å². The first kappa shape index (κ1) is 13.9. The van der Waals surface area contributed by atoms with E-state index in [4.69, 9.17) is 0 Å². The van der Waals surface area contributed by atoms with Crippen molar-refractivity contribution in [1.29, 1.82) is 0 Å². The highest BCUT2D eigenvalue weighted by Gasteiger charge is 2.17. The van der Waals surface area contributed by atoms with Crippen molar-refractivity contribution in [3.63, 3.8) is 0 Å². The average molecular weight is 252 g/mol. The van der Waals surface area contributed by atoms with Crippen LogP contribution in [0.15, 0.2) is 59.7 Å². The van der Waals surface area contributed by atoms with E-state index in [1.54, 1.807) is 0 Å². The van der Waals surface area contributed by atoms with Crippen LogP contribution in [0.2, 0.25) is 0 Å². The zero-order valence-corrected chi connectivity index (χ0v) is 12.5. The molecule has 0 radical (unpaired) electrons. The van der Waals surface area contributed by atoms with Crippen LogP contribution in [0.25, 0.3) is 0 Å². The zero-order chi connectivity index (χ0) is 13.8. The molecule has 0 aromatic heterocycles. The summed E-state index contributed by atoms with van der Waals surface area (Å²) in [5.74, 6) is 1.03. The van der Waals surface area contributed by atoms with Gasteiger partial charge in [-0.3, -0.25) is 0 Å². The number of benzene rings is 1. The fraction of sp³-hybridized carbons (Fsp3) is 0.368. The first-order chi connectivity index (χ1) is 9.11. The van der Waals surface area contributed by atoms with Crippen molar-refractivity contribution in [3.05, 3.63) is 70.8 Å². The molecular weight excluding hydrogens is 228 g/mol. The Balaban J connectivity index is 2.42. The normalized spacial score (nSPS) is 16.9. The van der Waals surface area contributed by atoms with Gasteiger partial charge in [-0.1, -0.05) is 74.9 Å². The third-order valence-corrected chi connectivity index (χ3v) is 3.98. The minimum absolute atomic E-state index is 0.456. The van der Waals surface area contributed by atoms with Crippen LogP contribution in [0.4, 0.5) is 0 Å². The molecule has 0 nitrogen and oxygen atoms in total. The Bertz CT molecular complexity index is 527. The summed E-state index contributed by atoms with van der Waals surface area (Å²) in [5.41, 5.74) is 5.79. The van der Waals surface area contributed by atoms with E-state index < -0.39 is 0 Å². The van der Waals surface area contributed by atoms with Gasteiger partial charge >= 0.3 is 0 Å². The topological polar surface area (TPSA) is 0 Å². The molecule has 0 amide bonds. The molecule has 0 N–H and O–H groups in total. The molecule has 0 saturated carbocycles. The van der Waals surface area contributed by atoms with Crippen LogP contribution >= 0.6 is 0 Å². The van der Waals surface area contributed by atoms with Gasteiger partial charge in [-0.25, -0.2) is 0 Å². The van der Waals surface area contributed by atoms with Gasteiger partial charge in [0, 0.05) is 5.92 Å². The van der Waals surface area contributed by atoms with Gasteiger partial charge in [0.1, 0.15) is 0 Å². The number of hydrogen-bond donors (Lipinski definition) is 0. The standard InChI is InChI=1S/C19H24/c1-14(2)17-11-8-9-13-19(17)16(4)18-12-7-5-6-10-15(18)3/h5,7-14,16H,6H2,1-4H3. The monoisotopic (exact) mass is 252 g/mol. The summed E-state index contributed by atoms with van der Waals surface area (Å²) in [7, 11) is 0. The maximum atomic E-state index is 2.32. The molecule has 1 atom stereocenters. The lowest BCUT2D eigenvalue weighted by Crippen LogP contribution is -2.04. The third-order valence-electron chi connectivity index (χ3n) is 3.98. The highest BCUT2D eigenvalue weighted by Crippen LogP contribution is 2.34. The van der Waals surface area contributed by atoms with Gasteiger partial charge in [-0.05, 0) is 36.0 Å². The summed E-state index contributed by atoms with van der Waals surface area (Å²) in [6.45, 7) is 9.10. The molecule has 1 unspecified atom stereocenters. The summed E-state index contributed by atoms with van der Waals surface area (Å²) in [6.07, 6.45) is 10.1. The molecule has 0 heterocycles. The SMILES string of the molecule is CC1=CCC=CC=C1C(C)c1ccccc1C(C)C. The van der Waals surface area contributed by atoms with Gasteiger partial charge < -0.3 is 0 Å². The van der Waals surface area contributed by atoms with Crippen molar-refractivity contribution < 1.29 is 0 Å². The molecule has 0 bridgehead atoms. The highest BCUT2D eigenvalue weighted by molar-refractivity contribution is 5.46. The molecule has 0 fully saturated rings. The maximum Gasteiger partial charge on any atom is 0.00663 e. The van der Waals surface area contributed by atoms with E-state index in [1.165, 1.54) is 22.3 Å². The summed E-state index contributed by atoms with van der Waals surface area (Å²) >= 11 is 0. The molecule has 1 aliphatic carbocycles. The van der Waals surface area contributed by atoms with Crippen LogP contribution in [-0.4, -0.2) is 0 Å². The fourth-order valence-electron chi connectivity index (χ4n) is 2.83. The number of allylic oxidation sites excluding steroid dienone is 6. The average Bonchev–Trinajstić information content (AvgIpc) is 2.62. The van der Waals surface area contributed by atoms with E-state index in [0.29, 0.717) is 11.8 Å². The summed E-state index contributed by atoms with van der Waals surface area (Å²) in [5, 5.41) is 0. The smallest absolute Gasteiger partial charge is 0.00663 e. The Morgan fingerprint density at radius 1 is 1.00 bits per heavy atom. The van der Waals surface area contributed by atoms with Crippen LogP contribution < -0.4 is 0 Å². The summed E-state index contributed by atoms with van der Waals surface area (Å²) in [4.78, 5) is 0. The Hall–Kier alpha value is -1.56. The first-order valence-electron chi connectivity index (χ1n) is 7.24. The number of hydrogen-bond acceptors (Lipinski definition) is 0.